The molecule has 0 bridgehead atoms. The number of rotatable bonds is 5. The second-order valence-electron chi connectivity index (χ2n) is 4.62. The summed E-state index contributed by atoms with van der Waals surface area (Å²) >= 11 is 0. The molecule has 1 saturated carbocycles. The molecule has 1 aromatic rings. The van der Waals surface area contributed by atoms with Gasteiger partial charge in [0.25, 0.3) is 0 Å². The van der Waals surface area contributed by atoms with Crippen molar-refractivity contribution in [3.63, 3.8) is 0 Å². The molecule has 2 atom stereocenters. The lowest BCUT2D eigenvalue weighted by atomic mass is 9.89. The van der Waals surface area contributed by atoms with Crippen LogP contribution in [0.4, 0.5) is 0 Å². The van der Waals surface area contributed by atoms with E-state index in [-0.39, 0.29) is 11.8 Å². The first kappa shape index (κ1) is 12.8. The molecule has 18 heavy (non-hydrogen) atoms. The van der Waals surface area contributed by atoms with Crippen LogP contribution in [-0.2, 0) is 11.2 Å². The van der Waals surface area contributed by atoms with E-state index in [1.165, 1.54) is 0 Å². The van der Waals surface area contributed by atoms with Gasteiger partial charge in [0, 0.05) is 18.8 Å². The lowest BCUT2D eigenvalue weighted by molar-refractivity contribution is -0.121. The van der Waals surface area contributed by atoms with Crippen molar-refractivity contribution in [1.82, 2.24) is 5.16 Å². The van der Waals surface area contributed by atoms with Gasteiger partial charge in [-0.2, -0.15) is 0 Å². The van der Waals surface area contributed by atoms with Crippen molar-refractivity contribution < 1.29 is 13.7 Å². The third-order valence-electron chi connectivity index (χ3n) is 3.40. The van der Waals surface area contributed by atoms with E-state index in [9.17, 15) is 9.59 Å². The van der Waals surface area contributed by atoms with Gasteiger partial charge in [-0.1, -0.05) is 19.1 Å². The van der Waals surface area contributed by atoms with E-state index in [0.717, 1.165) is 19.3 Å². The Labute approximate surface area is 105 Å². The SMILES string of the molecule is CC/C=C\C[C@@H]1C(=O)CC[C@H]1Cc1noc(=O)o1. The Morgan fingerprint density at radius 3 is 2.89 bits per heavy atom. The molecule has 0 N–H and O–H groups in total. The van der Waals surface area contributed by atoms with Crippen molar-refractivity contribution in [2.45, 2.75) is 39.0 Å². The highest BCUT2D eigenvalue weighted by molar-refractivity contribution is 5.83. The minimum atomic E-state index is -0.781. The number of hydrogen-bond donors (Lipinski definition) is 0. The van der Waals surface area contributed by atoms with Crippen molar-refractivity contribution in [1.29, 1.82) is 0 Å². The van der Waals surface area contributed by atoms with Crippen LogP contribution < -0.4 is 5.82 Å². The molecule has 0 unspecified atom stereocenters. The van der Waals surface area contributed by atoms with Crippen LogP contribution >= 0.6 is 0 Å². The number of ketones is 1. The molecule has 0 aromatic carbocycles. The molecule has 1 aliphatic carbocycles. The molecule has 1 aromatic heterocycles. The van der Waals surface area contributed by atoms with Gasteiger partial charge in [-0.15, -0.1) is 0 Å². The molecule has 0 saturated heterocycles. The van der Waals surface area contributed by atoms with Gasteiger partial charge in [-0.3, -0.25) is 9.32 Å². The number of allylic oxidation sites excluding steroid dienone is 2. The maximum atomic E-state index is 11.8. The standard InChI is InChI=1S/C13H17NO4/c1-2-3-4-5-10-9(6-7-11(10)15)8-12-14-18-13(16)17-12/h3-4,9-10H,2,5-8H2,1H3/b4-3-/t9-,10-/m0/s1. The van der Waals surface area contributed by atoms with Crippen molar-refractivity contribution in [2.24, 2.45) is 11.8 Å². The zero-order valence-corrected chi connectivity index (χ0v) is 10.4. The Hall–Kier alpha value is -1.65. The second kappa shape index (κ2) is 5.80. The van der Waals surface area contributed by atoms with Crippen LogP contribution in [0.2, 0.25) is 0 Å². The Balaban J connectivity index is 2.00. The monoisotopic (exact) mass is 251 g/mol. The van der Waals surface area contributed by atoms with Gasteiger partial charge >= 0.3 is 5.82 Å². The summed E-state index contributed by atoms with van der Waals surface area (Å²) in [5, 5.41) is 3.55. The predicted molar refractivity (Wildman–Crippen MR) is 64.0 cm³/mol. The molecule has 0 spiro atoms. The lowest BCUT2D eigenvalue weighted by Crippen LogP contribution is -2.16. The first-order chi connectivity index (χ1) is 8.70. The normalized spacial score (nSPS) is 24.2. The van der Waals surface area contributed by atoms with Gasteiger partial charge in [-0.25, -0.2) is 4.79 Å². The van der Waals surface area contributed by atoms with E-state index in [1.54, 1.807) is 0 Å². The van der Waals surface area contributed by atoms with Gasteiger partial charge in [0.15, 0.2) is 0 Å². The Morgan fingerprint density at radius 2 is 2.22 bits per heavy atom. The first-order valence-corrected chi connectivity index (χ1v) is 6.34. The van der Waals surface area contributed by atoms with Crippen LogP contribution in [-0.4, -0.2) is 10.9 Å². The minimum absolute atomic E-state index is 0.0230. The van der Waals surface area contributed by atoms with Crippen LogP contribution in [0.25, 0.3) is 0 Å². The van der Waals surface area contributed by atoms with Crippen molar-refractivity contribution in [3.8, 4) is 0 Å². The minimum Gasteiger partial charge on any atom is -0.375 e. The number of hydrogen-bond acceptors (Lipinski definition) is 5. The zero-order valence-electron chi connectivity index (χ0n) is 10.4. The fraction of sp³-hybridized carbons (Fsp3) is 0.615. The average molecular weight is 251 g/mol. The fourth-order valence-electron chi connectivity index (χ4n) is 2.48. The van der Waals surface area contributed by atoms with Crippen molar-refractivity contribution in [2.75, 3.05) is 0 Å². The topological polar surface area (TPSA) is 73.3 Å². The molecule has 5 heteroatoms. The molecule has 1 aliphatic rings. The highest BCUT2D eigenvalue weighted by Gasteiger charge is 2.34. The van der Waals surface area contributed by atoms with Gasteiger partial charge < -0.3 is 4.42 Å². The molecule has 0 amide bonds. The third-order valence-corrected chi connectivity index (χ3v) is 3.40. The summed E-state index contributed by atoms with van der Waals surface area (Å²) in [6, 6.07) is 0. The molecule has 5 nitrogen and oxygen atoms in total. The van der Waals surface area contributed by atoms with Crippen LogP contribution in [0.5, 0.6) is 0 Å². The summed E-state index contributed by atoms with van der Waals surface area (Å²) in [5.41, 5.74) is 0. The van der Waals surface area contributed by atoms with E-state index in [1.807, 2.05) is 0 Å². The number of aromatic nitrogens is 1. The summed E-state index contributed by atoms with van der Waals surface area (Å²) in [6.07, 6.45) is 7.81. The maximum Gasteiger partial charge on any atom is 0.542 e. The molecular formula is C13H17NO4. The largest absolute Gasteiger partial charge is 0.542 e. The molecule has 0 radical (unpaired) electrons. The van der Waals surface area contributed by atoms with Crippen molar-refractivity contribution >= 4 is 5.78 Å². The molecular weight excluding hydrogens is 234 g/mol. The van der Waals surface area contributed by atoms with E-state index >= 15 is 0 Å². The number of nitrogens with zero attached hydrogens (tertiary/aromatic N) is 1. The summed E-state index contributed by atoms with van der Waals surface area (Å²) in [4.78, 5) is 22.6. The van der Waals surface area contributed by atoms with E-state index in [0.29, 0.717) is 24.5 Å². The van der Waals surface area contributed by atoms with E-state index in [4.69, 9.17) is 4.42 Å². The molecule has 1 fully saturated rings. The Kier molecular flexibility index (Phi) is 4.12. The first-order valence-electron chi connectivity index (χ1n) is 6.34. The highest BCUT2D eigenvalue weighted by atomic mass is 16.6. The highest BCUT2D eigenvalue weighted by Crippen LogP contribution is 2.33. The third kappa shape index (κ3) is 2.97. The Bertz CT molecular complexity index is 485. The van der Waals surface area contributed by atoms with Crippen LogP contribution in [0.3, 0.4) is 0 Å². The lowest BCUT2D eigenvalue weighted by Gasteiger charge is -2.14. The number of carbonyl (C=O) groups is 1. The van der Waals surface area contributed by atoms with Gasteiger partial charge in [-0.05, 0) is 30.3 Å². The second-order valence-corrected chi connectivity index (χ2v) is 4.62. The van der Waals surface area contributed by atoms with E-state index in [2.05, 4.69) is 28.8 Å². The van der Waals surface area contributed by atoms with E-state index < -0.39 is 5.82 Å². The van der Waals surface area contributed by atoms with Crippen LogP contribution in [0, 0.1) is 11.8 Å². The molecule has 2 rings (SSSR count). The fourth-order valence-corrected chi connectivity index (χ4v) is 2.48. The summed E-state index contributed by atoms with van der Waals surface area (Å²) in [5.74, 6) is 0.0366. The smallest absolute Gasteiger partial charge is 0.375 e. The Morgan fingerprint density at radius 1 is 1.39 bits per heavy atom. The van der Waals surface area contributed by atoms with Gasteiger partial charge in [0.2, 0.25) is 5.89 Å². The predicted octanol–water partition coefficient (Wildman–Crippen LogP) is 2.12. The maximum absolute atomic E-state index is 11.8. The quantitative estimate of drug-likeness (QED) is 0.749. The summed E-state index contributed by atoms with van der Waals surface area (Å²) in [7, 11) is 0. The zero-order chi connectivity index (χ0) is 13.0. The van der Waals surface area contributed by atoms with Crippen LogP contribution in [0.15, 0.2) is 25.9 Å². The molecule has 0 aliphatic heterocycles. The summed E-state index contributed by atoms with van der Waals surface area (Å²) in [6.45, 7) is 2.06. The van der Waals surface area contributed by atoms with Gasteiger partial charge in [0.05, 0.1) is 0 Å². The average Bonchev–Trinajstić information content (AvgIpc) is 2.89. The number of carbonyl (C=O) groups excluding carboxylic acids is 1. The number of Topliss-reactive ketones (excluding diaryl/α,β-unsaturated/α-hetero) is 1. The molecule has 1 heterocycles. The van der Waals surface area contributed by atoms with Crippen LogP contribution in [0.1, 0.15) is 38.5 Å². The molecule has 98 valence electrons. The summed E-state index contributed by atoms with van der Waals surface area (Å²) < 4.78 is 9.16. The van der Waals surface area contributed by atoms with Crippen molar-refractivity contribution in [3.05, 3.63) is 28.7 Å². The van der Waals surface area contributed by atoms with Gasteiger partial charge in [0.1, 0.15) is 5.78 Å².